The molecule has 0 radical (unpaired) electrons. The Balaban J connectivity index is 1.65. The molecule has 3 heterocycles. The minimum Gasteiger partial charge on any atom is -0.483 e. The molecule has 0 aliphatic carbocycles. The maximum Gasteiger partial charge on any atom is 0.494 e. The van der Waals surface area contributed by atoms with Gasteiger partial charge >= 0.3 is 13.2 Å². The van der Waals surface area contributed by atoms with Crippen molar-refractivity contribution in [2.24, 2.45) is 0 Å². The Morgan fingerprint density at radius 2 is 1.68 bits per heavy atom. The van der Waals surface area contributed by atoms with E-state index >= 15 is 0 Å². The number of carbonyl (C=O) groups is 1. The quantitative estimate of drug-likeness (QED) is 0.268. The zero-order valence-electron chi connectivity index (χ0n) is 27.0. The van der Waals surface area contributed by atoms with Gasteiger partial charge in [-0.3, -0.25) is 0 Å². The molecule has 11 nitrogen and oxygen atoms in total. The number of fused-ring (bicyclic) bond motifs is 1. The van der Waals surface area contributed by atoms with Crippen LogP contribution in [0.25, 0.3) is 16.6 Å². The van der Waals surface area contributed by atoms with E-state index in [1.54, 1.807) is 7.05 Å². The molecular weight excluding hydrogens is 559 g/mol. The third-order valence-electron chi connectivity index (χ3n) is 8.64. The van der Waals surface area contributed by atoms with Crippen molar-refractivity contribution in [2.75, 3.05) is 32.6 Å². The van der Waals surface area contributed by atoms with Crippen molar-refractivity contribution in [1.82, 2.24) is 24.9 Å². The molecule has 1 fully saturated rings. The number of aromatic nitrogens is 4. The van der Waals surface area contributed by atoms with Crippen LogP contribution in [0.1, 0.15) is 57.2 Å². The van der Waals surface area contributed by atoms with Crippen LogP contribution in [0.5, 0.6) is 5.75 Å². The molecule has 2 aromatic heterocycles. The second-order valence-corrected chi connectivity index (χ2v) is 12.5. The molecule has 1 aliphatic rings. The molecule has 0 bridgehead atoms. The lowest BCUT2D eigenvalue weighted by atomic mass is 9.79. The first-order chi connectivity index (χ1) is 20.7. The Bertz CT molecular complexity index is 1660. The van der Waals surface area contributed by atoms with E-state index in [1.807, 2.05) is 114 Å². The summed E-state index contributed by atoms with van der Waals surface area (Å²) in [7, 11) is 4.80. The lowest BCUT2D eigenvalue weighted by molar-refractivity contribution is 0.00578. The molecule has 1 atom stereocenters. The van der Waals surface area contributed by atoms with E-state index < -0.39 is 30.5 Å². The molecule has 1 amide bonds. The Hall–Kier alpha value is -4.16. The number of benzene rings is 2. The fourth-order valence-electron chi connectivity index (χ4n) is 5.29. The SMILES string of the molecule is Cc1nnc(N(C)C)c2nn(-c3cc(B4OC(C)(C)C(C)(C)O4)ccc3OC(CCN(C)C(=O)O)c3ccccc3)c(C)c12. The predicted octanol–water partition coefficient (Wildman–Crippen LogP) is 4.92. The zero-order valence-corrected chi connectivity index (χ0v) is 27.0. The first-order valence-corrected chi connectivity index (χ1v) is 14.8. The minimum atomic E-state index is -0.989. The molecule has 0 saturated carbocycles. The molecule has 5 rings (SSSR count). The average Bonchev–Trinajstić information content (AvgIpc) is 3.43. The summed E-state index contributed by atoms with van der Waals surface area (Å²) < 4.78 is 21.4. The van der Waals surface area contributed by atoms with Gasteiger partial charge in [0, 0.05) is 34.1 Å². The molecule has 1 unspecified atom stereocenters. The van der Waals surface area contributed by atoms with Gasteiger partial charge in [0.05, 0.1) is 28.0 Å². The van der Waals surface area contributed by atoms with E-state index in [0.29, 0.717) is 30.2 Å². The van der Waals surface area contributed by atoms with Crippen LogP contribution in [-0.4, -0.2) is 82.1 Å². The summed E-state index contributed by atoms with van der Waals surface area (Å²) in [6.07, 6.45) is -0.965. The molecule has 44 heavy (non-hydrogen) atoms. The van der Waals surface area contributed by atoms with Crippen molar-refractivity contribution in [3.8, 4) is 11.4 Å². The van der Waals surface area contributed by atoms with Crippen molar-refractivity contribution < 1.29 is 23.9 Å². The molecular formula is C32H41BN6O5. The minimum absolute atomic E-state index is 0.295. The summed E-state index contributed by atoms with van der Waals surface area (Å²) in [6.45, 7) is 12.3. The van der Waals surface area contributed by atoms with Gasteiger partial charge in [-0.15, -0.1) is 5.10 Å². The monoisotopic (exact) mass is 600 g/mol. The summed E-state index contributed by atoms with van der Waals surface area (Å²) in [4.78, 5) is 14.7. The third-order valence-corrected chi connectivity index (χ3v) is 8.64. The highest BCUT2D eigenvalue weighted by atomic mass is 16.7. The summed E-state index contributed by atoms with van der Waals surface area (Å²) in [5, 5.41) is 24.3. The number of rotatable bonds is 9. The first kappa shape index (κ1) is 31.3. The van der Waals surface area contributed by atoms with E-state index in [2.05, 4.69) is 10.2 Å². The number of carboxylic acid groups (broad SMARTS) is 1. The van der Waals surface area contributed by atoms with Gasteiger partial charge < -0.3 is 29.0 Å². The van der Waals surface area contributed by atoms with Gasteiger partial charge in [-0.1, -0.05) is 36.4 Å². The Labute approximate surface area is 258 Å². The van der Waals surface area contributed by atoms with Crippen LogP contribution in [-0.2, 0) is 9.31 Å². The zero-order chi connectivity index (χ0) is 32.0. The Kier molecular flexibility index (Phi) is 8.34. The van der Waals surface area contributed by atoms with Crippen LogP contribution < -0.4 is 15.1 Å². The maximum absolute atomic E-state index is 11.6. The number of anilines is 1. The van der Waals surface area contributed by atoms with Crippen LogP contribution in [0.2, 0.25) is 0 Å². The van der Waals surface area contributed by atoms with Crippen LogP contribution in [0.3, 0.4) is 0 Å². The van der Waals surface area contributed by atoms with Crippen LogP contribution >= 0.6 is 0 Å². The van der Waals surface area contributed by atoms with Crippen molar-refractivity contribution >= 4 is 35.4 Å². The number of hydrogen-bond donors (Lipinski definition) is 1. The summed E-state index contributed by atoms with van der Waals surface area (Å²) in [6, 6.07) is 15.7. The molecule has 1 saturated heterocycles. The predicted molar refractivity (Wildman–Crippen MR) is 171 cm³/mol. The molecule has 4 aromatic rings. The van der Waals surface area contributed by atoms with Crippen molar-refractivity contribution in [3.63, 3.8) is 0 Å². The molecule has 1 aliphatic heterocycles. The molecule has 1 N–H and O–H groups in total. The lowest BCUT2D eigenvalue weighted by Crippen LogP contribution is -2.41. The number of nitrogens with zero attached hydrogens (tertiary/aromatic N) is 6. The third kappa shape index (κ3) is 5.83. The highest BCUT2D eigenvalue weighted by molar-refractivity contribution is 6.62. The van der Waals surface area contributed by atoms with Crippen LogP contribution in [0.15, 0.2) is 48.5 Å². The van der Waals surface area contributed by atoms with Gasteiger partial charge in [0.15, 0.2) is 5.82 Å². The van der Waals surface area contributed by atoms with Gasteiger partial charge in [0.1, 0.15) is 23.1 Å². The second-order valence-electron chi connectivity index (χ2n) is 12.5. The Morgan fingerprint density at radius 1 is 1.02 bits per heavy atom. The summed E-state index contributed by atoms with van der Waals surface area (Å²) >= 11 is 0. The highest BCUT2D eigenvalue weighted by Gasteiger charge is 2.51. The number of aryl methyl sites for hydroxylation is 2. The van der Waals surface area contributed by atoms with Crippen molar-refractivity contribution in [3.05, 3.63) is 65.5 Å². The van der Waals surface area contributed by atoms with E-state index in [-0.39, 0.29) is 0 Å². The molecule has 2 aromatic carbocycles. The fraction of sp³-hybridized carbons (Fsp3) is 0.438. The van der Waals surface area contributed by atoms with Gasteiger partial charge in [-0.25, -0.2) is 9.48 Å². The smallest absolute Gasteiger partial charge is 0.483 e. The largest absolute Gasteiger partial charge is 0.494 e. The molecule has 232 valence electrons. The maximum atomic E-state index is 11.6. The van der Waals surface area contributed by atoms with E-state index in [1.165, 1.54) is 4.90 Å². The number of ether oxygens (including phenoxy) is 1. The molecule has 12 heteroatoms. The first-order valence-electron chi connectivity index (χ1n) is 14.8. The standard InChI is InChI=1S/C32H41BN6O5/c1-20-27-21(2)39(36-28(27)29(35-34-20)37(7)8)24-19-23(33-43-31(3,4)32(5,6)44-33)15-16-26(24)42-25(17-18-38(9)30(40)41)22-13-11-10-12-14-22/h10-16,19,25H,17-18H2,1-9H3,(H,40,41). The fourth-order valence-corrected chi connectivity index (χ4v) is 5.29. The second kappa shape index (κ2) is 11.7. The van der Waals surface area contributed by atoms with Crippen molar-refractivity contribution in [2.45, 2.75) is 65.3 Å². The van der Waals surface area contributed by atoms with E-state index in [4.69, 9.17) is 19.1 Å². The lowest BCUT2D eigenvalue weighted by Gasteiger charge is -2.32. The van der Waals surface area contributed by atoms with Crippen molar-refractivity contribution in [1.29, 1.82) is 0 Å². The number of amides is 1. The van der Waals surface area contributed by atoms with Crippen LogP contribution in [0.4, 0.5) is 10.6 Å². The van der Waals surface area contributed by atoms with E-state index in [9.17, 15) is 9.90 Å². The summed E-state index contributed by atoms with van der Waals surface area (Å²) in [5.74, 6) is 1.24. The Morgan fingerprint density at radius 3 is 2.30 bits per heavy atom. The van der Waals surface area contributed by atoms with Gasteiger partial charge in [0.25, 0.3) is 0 Å². The topological polar surface area (TPSA) is 115 Å². The van der Waals surface area contributed by atoms with Gasteiger partial charge in [-0.2, -0.15) is 10.2 Å². The average molecular weight is 601 g/mol. The van der Waals surface area contributed by atoms with E-state index in [0.717, 1.165) is 33.3 Å². The highest BCUT2D eigenvalue weighted by Crippen LogP contribution is 2.38. The normalized spacial score (nSPS) is 16.2. The molecule has 0 spiro atoms. The van der Waals surface area contributed by atoms with Gasteiger partial charge in [-0.05, 0) is 64.7 Å². The van der Waals surface area contributed by atoms with Crippen LogP contribution in [0, 0.1) is 13.8 Å². The number of hydrogen-bond acceptors (Lipinski definition) is 8. The summed E-state index contributed by atoms with van der Waals surface area (Å²) in [5.41, 5.74) is 3.84. The van der Waals surface area contributed by atoms with Gasteiger partial charge in [0.2, 0.25) is 0 Å².